The monoisotopic (exact) mass is 125 g/mol. The summed E-state index contributed by atoms with van der Waals surface area (Å²) < 4.78 is 2.19. The second-order valence-electron chi connectivity index (χ2n) is 0.877. The van der Waals surface area contributed by atoms with E-state index >= 15 is 0 Å². The second kappa shape index (κ2) is 5.12. The van der Waals surface area contributed by atoms with Gasteiger partial charge in [-0.05, 0) is 0 Å². The molecule has 0 unspecified atom stereocenters. The molecule has 8 heavy (non-hydrogen) atoms. The molecule has 0 spiro atoms. The minimum Gasteiger partial charge on any atom is -0.490 e. The van der Waals surface area contributed by atoms with Gasteiger partial charge in [0.25, 0.3) is 0 Å². The van der Waals surface area contributed by atoms with Crippen molar-refractivity contribution in [2.24, 2.45) is 0 Å². The van der Waals surface area contributed by atoms with E-state index in [1.807, 2.05) is 0 Å². The molecule has 0 bridgehead atoms. The SMILES string of the molecule is [B]NS[B][B]C(=O)O. The van der Waals surface area contributed by atoms with E-state index in [-0.39, 0.29) is 0 Å². The Morgan fingerprint density at radius 3 is 2.88 bits per heavy atom. The molecule has 0 aromatic carbocycles. The van der Waals surface area contributed by atoms with E-state index in [0.717, 1.165) is 19.0 Å². The Hall–Kier alpha value is -0.0252. The first-order valence-electron chi connectivity index (χ1n) is 1.78. The Kier molecular flexibility index (Phi) is 5.10. The molecule has 0 aliphatic rings. The fourth-order valence-corrected chi connectivity index (χ4v) is 0.395. The number of rotatable bonds is 4. The summed E-state index contributed by atoms with van der Waals surface area (Å²) in [5, 5.41) is 7.97. The number of carbonyl (C=O) groups is 1. The highest BCUT2D eigenvalue weighted by Gasteiger charge is 1.98. The predicted molar refractivity (Wildman–Crippen MR) is 36.0 cm³/mol. The fraction of sp³-hybridized carbons (Fsp3) is 0. The summed E-state index contributed by atoms with van der Waals surface area (Å²) in [6.45, 7) is 0. The maximum atomic E-state index is 9.71. The van der Waals surface area contributed by atoms with Gasteiger partial charge in [0, 0.05) is 0 Å². The lowest BCUT2D eigenvalue weighted by Gasteiger charge is -1.89. The lowest BCUT2D eigenvalue weighted by molar-refractivity contribution is 0.220. The van der Waals surface area contributed by atoms with Gasteiger partial charge in [0.15, 0.2) is 14.4 Å². The van der Waals surface area contributed by atoms with Crippen LogP contribution in [-0.4, -0.2) is 32.6 Å². The summed E-state index contributed by atoms with van der Waals surface area (Å²) in [7, 11) is 5.77. The molecule has 0 amide bonds. The van der Waals surface area contributed by atoms with Crippen LogP contribution in [0.1, 0.15) is 0 Å². The molecule has 0 aliphatic carbocycles. The molecule has 0 saturated carbocycles. The first-order valence-corrected chi connectivity index (χ1v) is 2.66. The summed E-state index contributed by atoms with van der Waals surface area (Å²) in [5.41, 5.74) is 0. The number of hydrogen-bond donors (Lipinski definition) is 2. The van der Waals surface area contributed by atoms with Crippen LogP contribution in [0.15, 0.2) is 0 Å². The van der Waals surface area contributed by atoms with Crippen LogP contribution in [0.3, 0.4) is 0 Å². The van der Waals surface area contributed by atoms with Gasteiger partial charge in [0.05, 0.1) is 0 Å². The molecule has 0 saturated heterocycles. The standard InChI is InChI=1S/CH2B3NO2S/c2-5-8-4-3-1(6)7/h5H,(H,6,7). The first-order chi connectivity index (χ1) is 3.77. The molecule has 4 radical (unpaired) electrons. The summed E-state index contributed by atoms with van der Waals surface area (Å²) in [5.74, 6) is -0.979. The van der Waals surface area contributed by atoms with Crippen LogP contribution in [0.5, 0.6) is 0 Å². The van der Waals surface area contributed by atoms with Gasteiger partial charge in [0.2, 0.25) is 13.0 Å². The van der Waals surface area contributed by atoms with Gasteiger partial charge in [-0.3, -0.25) is 4.79 Å². The average Bonchev–Trinajstić information content (AvgIpc) is 1.66. The Morgan fingerprint density at radius 2 is 2.50 bits per heavy atom. The molecule has 0 aromatic rings. The summed E-state index contributed by atoms with van der Waals surface area (Å²) in [6, 6.07) is 0. The Morgan fingerprint density at radius 1 is 1.88 bits per heavy atom. The van der Waals surface area contributed by atoms with E-state index in [4.69, 9.17) is 13.1 Å². The third-order valence-corrected chi connectivity index (χ3v) is 0.755. The van der Waals surface area contributed by atoms with Crippen molar-refractivity contribution in [2.45, 2.75) is 0 Å². The quantitative estimate of drug-likeness (QED) is 0.293. The third-order valence-electron chi connectivity index (χ3n) is 0.347. The summed E-state index contributed by atoms with van der Waals surface area (Å²) >= 11 is 1.00. The van der Waals surface area contributed by atoms with Gasteiger partial charge in [-0.2, -0.15) is 11.8 Å². The second-order valence-corrected chi connectivity index (χ2v) is 1.62. The van der Waals surface area contributed by atoms with Gasteiger partial charge in [0.1, 0.15) is 0 Å². The number of hydrogen-bond acceptors (Lipinski definition) is 3. The molecular formula is CH2B3NO2S. The van der Waals surface area contributed by atoms with Crippen LogP contribution in [0.4, 0.5) is 4.79 Å². The molecule has 0 aliphatic heterocycles. The zero-order chi connectivity index (χ0) is 6.41. The highest BCUT2D eigenvalue weighted by molar-refractivity contribution is 8.26. The van der Waals surface area contributed by atoms with Crippen molar-refractivity contribution in [1.29, 1.82) is 0 Å². The van der Waals surface area contributed by atoms with Crippen LogP contribution in [0, 0.1) is 0 Å². The van der Waals surface area contributed by atoms with Crippen molar-refractivity contribution in [1.82, 2.24) is 4.63 Å². The predicted octanol–water partition coefficient (Wildman–Crippen LogP) is -0.776. The van der Waals surface area contributed by atoms with Crippen LogP contribution in [0.25, 0.3) is 0 Å². The Labute approximate surface area is 54.5 Å². The first kappa shape index (κ1) is 7.97. The maximum Gasteiger partial charge on any atom is 0.233 e. The van der Waals surface area contributed by atoms with Gasteiger partial charge < -0.3 is 9.74 Å². The maximum absolute atomic E-state index is 9.71. The fourth-order valence-electron chi connectivity index (χ4n) is 0.132. The molecule has 0 fully saturated rings. The van der Waals surface area contributed by atoms with E-state index in [9.17, 15) is 4.79 Å². The van der Waals surface area contributed by atoms with Crippen molar-refractivity contribution in [3.8, 4) is 0 Å². The van der Waals surface area contributed by atoms with Crippen LogP contribution < -0.4 is 4.63 Å². The summed E-state index contributed by atoms with van der Waals surface area (Å²) in [4.78, 5) is 9.71. The topological polar surface area (TPSA) is 49.3 Å². The average molecular weight is 125 g/mol. The van der Waals surface area contributed by atoms with E-state index in [1.54, 1.807) is 0 Å². The van der Waals surface area contributed by atoms with E-state index in [1.165, 1.54) is 6.45 Å². The molecule has 0 rings (SSSR count). The van der Waals surface area contributed by atoms with Gasteiger partial charge in [-0.15, -0.1) is 0 Å². The van der Waals surface area contributed by atoms with E-state index in [2.05, 4.69) is 4.63 Å². The van der Waals surface area contributed by atoms with Crippen molar-refractivity contribution in [2.75, 3.05) is 0 Å². The molecule has 3 nitrogen and oxygen atoms in total. The van der Waals surface area contributed by atoms with Gasteiger partial charge in [-0.25, -0.2) is 0 Å². The molecule has 7 heteroatoms. The number of carboxylic acid groups (broad SMARTS) is 1. The molecule has 0 aromatic heterocycles. The van der Waals surface area contributed by atoms with E-state index < -0.39 is 5.87 Å². The van der Waals surface area contributed by atoms with Crippen molar-refractivity contribution in [3.63, 3.8) is 0 Å². The highest BCUT2D eigenvalue weighted by atomic mass is 32.2. The zero-order valence-corrected chi connectivity index (χ0v) is 4.81. The van der Waals surface area contributed by atoms with Crippen LogP contribution in [0.2, 0.25) is 0 Å². The van der Waals surface area contributed by atoms with Crippen LogP contribution >= 0.6 is 11.8 Å². The molecule has 2 N–H and O–H groups in total. The highest BCUT2D eigenvalue weighted by Crippen LogP contribution is 1.82. The largest absolute Gasteiger partial charge is 0.490 e. The van der Waals surface area contributed by atoms with Crippen molar-refractivity contribution in [3.05, 3.63) is 0 Å². The molecule has 0 heterocycles. The Bertz CT molecular complexity index is 79.7. The zero-order valence-electron chi connectivity index (χ0n) is 4.00. The van der Waals surface area contributed by atoms with Crippen molar-refractivity contribution < 1.29 is 9.90 Å². The van der Waals surface area contributed by atoms with Gasteiger partial charge >= 0.3 is 0 Å². The molecular weight excluding hydrogens is 123 g/mol. The smallest absolute Gasteiger partial charge is 0.233 e. The molecule has 0 atom stereocenters. The minimum atomic E-state index is -0.979. The van der Waals surface area contributed by atoms with E-state index in [0.29, 0.717) is 0 Å². The van der Waals surface area contributed by atoms with Gasteiger partial charge in [-0.1, -0.05) is 0 Å². The third kappa shape index (κ3) is 5.97. The molecule has 38 valence electrons. The van der Waals surface area contributed by atoms with Crippen LogP contribution in [-0.2, 0) is 0 Å². The number of nitrogens with one attached hydrogen (secondary N) is 1. The Balaban J connectivity index is 2.82. The van der Waals surface area contributed by atoms with Crippen molar-refractivity contribution >= 4 is 39.3 Å². The lowest BCUT2D eigenvalue weighted by Crippen LogP contribution is -2.14. The minimum absolute atomic E-state index is 0.979. The summed E-state index contributed by atoms with van der Waals surface area (Å²) in [6.07, 6.45) is 1.34. The normalized spacial score (nSPS) is 8.00. The lowest BCUT2D eigenvalue weighted by atomic mass is 9.55.